The van der Waals surface area contributed by atoms with Crippen LogP contribution < -0.4 is 5.32 Å². The summed E-state index contributed by atoms with van der Waals surface area (Å²) >= 11 is 1.62. The van der Waals surface area contributed by atoms with Crippen LogP contribution in [0.3, 0.4) is 0 Å². The minimum atomic E-state index is 0.0346. The zero-order valence-corrected chi connectivity index (χ0v) is 13.2. The molecular weight excluding hydrogens is 294 g/mol. The smallest absolute Gasteiger partial charge is 0.261 e. The van der Waals surface area contributed by atoms with Crippen molar-refractivity contribution < 1.29 is 9.53 Å². The number of nitrogens with one attached hydrogen (secondary N) is 1. The summed E-state index contributed by atoms with van der Waals surface area (Å²) in [4.78, 5) is 14.5. The van der Waals surface area contributed by atoms with Crippen molar-refractivity contribution in [3.63, 3.8) is 0 Å². The molecule has 0 radical (unpaired) electrons. The average Bonchev–Trinajstić information content (AvgIpc) is 3.21. The maximum absolute atomic E-state index is 12.4. The van der Waals surface area contributed by atoms with Crippen molar-refractivity contribution in [2.75, 3.05) is 13.2 Å². The number of aryl methyl sites for hydroxylation is 2. The SMILES string of the molecule is O=C(NC[C@H]1CCCO1)c1cc2c(s1)-c1ccccc1CC2. The fourth-order valence-electron chi connectivity index (χ4n) is 3.28. The lowest BCUT2D eigenvalue weighted by molar-refractivity contribution is 0.0861. The van der Waals surface area contributed by atoms with Crippen molar-refractivity contribution >= 4 is 17.2 Å². The molecule has 1 aliphatic heterocycles. The molecule has 1 atom stereocenters. The first-order valence-electron chi connectivity index (χ1n) is 7.92. The predicted octanol–water partition coefficient (Wildman–Crippen LogP) is 3.42. The van der Waals surface area contributed by atoms with Crippen LogP contribution in [0.4, 0.5) is 0 Å². The van der Waals surface area contributed by atoms with Crippen LogP contribution in [0.15, 0.2) is 30.3 Å². The van der Waals surface area contributed by atoms with Gasteiger partial charge in [0.05, 0.1) is 11.0 Å². The van der Waals surface area contributed by atoms with Gasteiger partial charge in [0.2, 0.25) is 0 Å². The molecule has 1 amide bonds. The van der Waals surface area contributed by atoms with E-state index in [0.717, 1.165) is 37.2 Å². The summed E-state index contributed by atoms with van der Waals surface area (Å²) in [5.74, 6) is 0.0346. The van der Waals surface area contributed by atoms with E-state index >= 15 is 0 Å². The third kappa shape index (κ3) is 2.57. The highest BCUT2D eigenvalue weighted by molar-refractivity contribution is 7.17. The monoisotopic (exact) mass is 313 g/mol. The molecule has 1 saturated heterocycles. The second-order valence-electron chi connectivity index (χ2n) is 5.97. The van der Waals surface area contributed by atoms with Gasteiger partial charge in [-0.1, -0.05) is 24.3 Å². The highest BCUT2D eigenvalue weighted by atomic mass is 32.1. The van der Waals surface area contributed by atoms with Crippen LogP contribution in [0, 0.1) is 0 Å². The first kappa shape index (κ1) is 14.0. The molecule has 4 rings (SSSR count). The standard InChI is InChI=1S/C18H19NO2S/c20-18(19-11-14-5-3-9-21-14)16-10-13-8-7-12-4-1-2-6-15(12)17(13)22-16/h1-2,4,6,10,14H,3,5,7-9,11H2,(H,19,20)/t14-/m1/s1. The van der Waals surface area contributed by atoms with Gasteiger partial charge in [0.1, 0.15) is 0 Å². The van der Waals surface area contributed by atoms with Gasteiger partial charge in [-0.25, -0.2) is 0 Å². The number of carbonyl (C=O) groups excluding carboxylic acids is 1. The summed E-state index contributed by atoms with van der Waals surface area (Å²) in [7, 11) is 0. The number of amides is 1. The number of fused-ring (bicyclic) bond motifs is 3. The first-order chi connectivity index (χ1) is 10.8. The Hall–Kier alpha value is -1.65. The van der Waals surface area contributed by atoms with E-state index < -0.39 is 0 Å². The third-order valence-electron chi connectivity index (χ3n) is 4.47. The van der Waals surface area contributed by atoms with E-state index in [1.54, 1.807) is 11.3 Å². The quantitative estimate of drug-likeness (QED) is 0.943. The van der Waals surface area contributed by atoms with Gasteiger partial charge in [0.25, 0.3) is 5.91 Å². The fraction of sp³-hybridized carbons (Fsp3) is 0.389. The Morgan fingerprint density at radius 3 is 3.00 bits per heavy atom. The van der Waals surface area contributed by atoms with Crippen LogP contribution in [0.25, 0.3) is 10.4 Å². The molecule has 1 fully saturated rings. The van der Waals surface area contributed by atoms with Crippen LogP contribution in [0.2, 0.25) is 0 Å². The lowest BCUT2D eigenvalue weighted by Crippen LogP contribution is -2.31. The van der Waals surface area contributed by atoms with Crippen molar-refractivity contribution in [1.29, 1.82) is 0 Å². The summed E-state index contributed by atoms with van der Waals surface area (Å²) < 4.78 is 5.56. The number of ether oxygens (including phenoxy) is 1. The van der Waals surface area contributed by atoms with E-state index in [2.05, 4.69) is 35.6 Å². The number of benzene rings is 1. The van der Waals surface area contributed by atoms with Gasteiger partial charge >= 0.3 is 0 Å². The second-order valence-corrected chi connectivity index (χ2v) is 7.02. The normalized spacial score (nSPS) is 19.5. The van der Waals surface area contributed by atoms with Gasteiger partial charge in [0, 0.05) is 18.0 Å². The van der Waals surface area contributed by atoms with E-state index in [0.29, 0.717) is 6.54 Å². The number of thiophene rings is 1. The largest absolute Gasteiger partial charge is 0.376 e. The van der Waals surface area contributed by atoms with Crippen molar-refractivity contribution in [3.05, 3.63) is 46.3 Å². The molecule has 0 saturated carbocycles. The molecule has 1 aliphatic carbocycles. The summed E-state index contributed by atoms with van der Waals surface area (Å²) in [6.07, 6.45) is 4.44. The van der Waals surface area contributed by atoms with Gasteiger partial charge in [-0.2, -0.15) is 0 Å². The lowest BCUT2D eigenvalue weighted by Gasteiger charge is -2.15. The maximum Gasteiger partial charge on any atom is 0.261 e. The molecule has 2 aliphatic rings. The lowest BCUT2D eigenvalue weighted by atomic mass is 9.91. The van der Waals surface area contributed by atoms with Crippen LogP contribution in [0.5, 0.6) is 0 Å². The summed E-state index contributed by atoms with van der Waals surface area (Å²) in [6, 6.07) is 10.6. The number of carbonyl (C=O) groups is 1. The fourth-order valence-corrected chi connectivity index (χ4v) is 4.47. The molecule has 22 heavy (non-hydrogen) atoms. The zero-order valence-electron chi connectivity index (χ0n) is 12.4. The minimum Gasteiger partial charge on any atom is -0.376 e. The minimum absolute atomic E-state index is 0.0346. The molecule has 0 unspecified atom stereocenters. The van der Waals surface area contributed by atoms with E-state index in [9.17, 15) is 4.79 Å². The first-order valence-corrected chi connectivity index (χ1v) is 8.74. The highest BCUT2D eigenvalue weighted by Gasteiger charge is 2.22. The molecule has 2 heterocycles. The maximum atomic E-state index is 12.4. The Kier molecular flexibility index (Phi) is 3.72. The van der Waals surface area contributed by atoms with E-state index in [-0.39, 0.29) is 12.0 Å². The van der Waals surface area contributed by atoms with E-state index in [4.69, 9.17) is 4.74 Å². The van der Waals surface area contributed by atoms with Crippen LogP contribution in [0.1, 0.15) is 33.6 Å². The molecule has 0 spiro atoms. The van der Waals surface area contributed by atoms with Gasteiger partial charge in [-0.05, 0) is 48.4 Å². The Labute approximate surface area is 134 Å². The highest BCUT2D eigenvalue weighted by Crippen LogP contribution is 2.39. The van der Waals surface area contributed by atoms with Crippen molar-refractivity contribution in [2.45, 2.75) is 31.8 Å². The molecule has 114 valence electrons. The van der Waals surface area contributed by atoms with Crippen LogP contribution >= 0.6 is 11.3 Å². The van der Waals surface area contributed by atoms with E-state index in [1.165, 1.54) is 21.6 Å². The second kappa shape index (κ2) is 5.86. The summed E-state index contributed by atoms with van der Waals surface area (Å²) in [6.45, 7) is 1.45. The third-order valence-corrected chi connectivity index (χ3v) is 5.68. The van der Waals surface area contributed by atoms with E-state index in [1.807, 2.05) is 0 Å². The van der Waals surface area contributed by atoms with Crippen molar-refractivity contribution in [3.8, 4) is 10.4 Å². The predicted molar refractivity (Wildman–Crippen MR) is 88.5 cm³/mol. The molecule has 1 aromatic heterocycles. The Morgan fingerprint density at radius 2 is 2.14 bits per heavy atom. The van der Waals surface area contributed by atoms with Crippen LogP contribution in [-0.2, 0) is 17.6 Å². The number of rotatable bonds is 3. The number of hydrogen-bond donors (Lipinski definition) is 1. The molecule has 4 heteroatoms. The zero-order chi connectivity index (χ0) is 14.9. The summed E-state index contributed by atoms with van der Waals surface area (Å²) in [5, 5.41) is 3.02. The average molecular weight is 313 g/mol. The van der Waals surface area contributed by atoms with Crippen molar-refractivity contribution in [1.82, 2.24) is 5.32 Å². The summed E-state index contributed by atoms with van der Waals surface area (Å²) in [5.41, 5.74) is 4.00. The van der Waals surface area contributed by atoms with Crippen LogP contribution in [-0.4, -0.2) is 25.2 Å². The molecule has 3 nitrogen and oxygen atoms in total. The van der Waals surface area contributed by atoms with Gasteiger partial charge in [0.15, 0.2) is 0 Å². The number of hydrogen-bond acceptors (Lipinski definition) is 3. The molecule has 1 N–H and O–H groups in total. The van der Waals surface area contributed by atoms with Gasteiger partial charge in [-0.3, -0.25) is 4.79 Å². The molecule has 2 aromatic rings. The Bertz CT molecular complexity index is 701. The van der Waals surface area contributed by atoms with Crippen molar-refractivity contribution in [2.24, 2.45) is 0 Å². The molecule has 1 aromatic carbocycles. The molecular formula is C18H19NO2S. The Balaban J connectivity index is 1.52. The van der Waals surface area contributed by atoms with Gasteiger partial charge < -0.3 is 10.1 Å². The van der Waals surface area contributed by atoms with Gasteiger partial charge in [-0.15, -0.1) is 11.3 Å². The topological polar surface area (TPSA) is 38.3 Å². The molecule has 0 bridgehead atoms. The Morgan fingerprint density at radius 1 is 1.27 bits per heavy atom.